The van der Waals surface area contributed by atoms with Crippen LogP contribution >= 0.6 is 0 Å². The van der Waals surface area contributed by atoms with Crippen LogP contribution < -0.4 is 16.4 Å². The van der Waals surface area contributed by atoms with Gasteiger partial charge < -0.3 is 21.1 Å². The van der Waals surface area contributed by atoms with Gasteiger partial charge in [-0.15, -0.1) is 0 Å². The molecule has 0 aromatic carbocycles. The first-order chi connectivity index (χ1) is 11.1. The lowest BCUT2D eigenvalue weighted by Crippen LogP contribution is -2.35. The van der Waals surface area contributed by atoms with E-state index in [1.54, 1.807) is 25.5 Å². The van der Waals surface area contributed by atoms with E-state index in [1.807, 2.05) is 0 Å². The smallest absolute Gasteiger partial charge is 0.407 e. The predicted molar refractivity (Wildman–Crippen MR) is 93.5 cm³/mol. The minimum absolute atomic E-state index is 0.330. The van der Waals surface area contributed by atoms with Crippen LogP contribution in [0.15, 0.2) is 0 Å². The van der Waals surface area contributed by atoms with Gasteiger partial charge >= 0.3 is 6.09 Å². The lowest BCUT2D eigenvalue weighted by molar-refractivity contribution is 0.0530. The molecule has 1 rings (SSSR count). The molecule has 0 fully saturated rings. The van der Waals surface area contributed by atoms with Crippen molar-refractivity contribution in [1.29, 1.82) is 5.26 Å². The number of amides is 1. The van der Waals surface area contributed by atoms with E-state index in [1.165, 1.54) is 0 Å². The van der Waals surface area contributed by atoms with Crippen molar-refractivity contribution in [3.05, 3.63) is 5.56 Å². The van der Waals surface area contributed by atoms with E-state index in [4.69, 9.17) is 10.5 Å². The molecule has 8 nitrogen and oxygen atoms in total. The van der Waals surface area contributed by atoms with Crippen LogP contribution in [0.5, 0.6) is 0 Å². The summed E-state index contributed by atoms with van der Waals surface area (Å²) in [4.78, 5) is 11.5. The SMILES string of the molecule is CC(C)CCn1nc(NCCNC(=O)OC(C)(C)C)c(C#N)c1N. The Balaban J connectivity index is 2.54. The van der Waals surface area contributed by atoms with Gasteiger partial charge in [0.1, 0.15) is 23.1 Å². The first-order valence-electron chi connectivity index (χ1n) is 8.11. The Morgan fingerprint density at radius 1 is 1.42 bits per heavy atom. The number of nitriles is 1. The molecule has 24 heavy (non-hydrogen) atoms. The maximum absolute atomic E-state index is 11.5. The van der Waals surface area contributed by atoms with Crippen molar-refractivity contribution in [2.45, 2.75) is 53.2 Å². The normalized spacial score (nSPS) is 11.2. The summed E-state index contributed by atoms with van der Waals surface area (Å²) in [6.07, 6.45) is 0.447. The lowest BCUT2D eigenvalue weighted by Gasteiger charge is -2.19. The molecule has 1 amide bonds. The van der Waals surface area contributed by atoms with E-state index in [0.717, 1.165) is 6.42 Å². The molecule has 0 aliphatic carbocycles. The van der Waals surface area contributed by atoms with Crippen LogP contribution in [0.3, 0.4) is 0 Å². The first kappa shape index (κ1) is 19.6. The molecule has 4 N–H and O–H groups in total. The topological polar surface area (TPSA) is 118 Å². The molecule has 0 aliphatic rings. The molecule has 8 heteroatoms. The summed E-state index contributed by atoms with van der Waals surface area (Å²) in [7, 11) is 0. The quantitative estimate of drug-likeness (QED) is 0.658. The molecule has 0 spiro atoms. The number of rotatable bonds is 7. The zero-order valence-corrected chi connectivity index (χ0v) is 15.1. The van der Waals surface area contributed by atoms with E-state index >= 15 is 0 Å². The second-order valence-electron chi connectivity index (χ2n) is 6.98. The zero-order valence-electron chi connectivity index (χ0n) is 15.1. The molecule has 0 aliphatic heterocycles. The molecule has 0 unspecified atom stereocenters. The maximum Gasteiger partial charge on any atom is 0.407 e. The number of nitrogens with two attached hydrogens (primary N) is 1. The van der Waals surface area contributed by atoms with Crippen LogP contribution in [-0.4, -0.2) is 34.6 Å². The maximum atomic E-state index is 11.5. The van der Waals surface area contributed by atoms with Crippen molar-refractivity contribution in [2.24, 2.45) is 5.92 Å². The van der Waals surface area contributed by atoms with Crippen molar-refractivity contribution < 1.29 is 9.53 Å². The molecule has 0 saturated carbocycles. The number of anilines is 2. The molecule has 0 saturated heterocycles. The van der Waals surface area contributed by atoms with Gasteiger partial charge in [0, 0.05) is 19.6 Å². The highest BCUT2D eigenvalue weighted by molar-refractivity contribution is 5.68. The molecule has 0 atom stereocenters. The number of nitrogens with one attached hydrogen (secondary N) is 2. The van der Waals surface area contributed by atoms with Crippen LogP contribution in [-0.2, 0) is 11.3 Å². The molecular weight excluding hydrogens is 308 g/mol. The van der Waals surface area contributed by atoms with Crippen molar-refractivity contribution in [3.8, 4) is 6.07 Å². The summed E-state index contributed by atoms with van der Waals surface area (Å²) < 4.78 is 6.78. The van der Waals surface area contributed by atoms with E-state index < -0.39 is 11.7 Å². The third-order valence-electron chi connectivity index (χ3n) is 3.11. The summed E-state index contributed by atoms with van der Waals surface area (Å²) in [5, 5.41) is 19.3. The monoisotopic (exact) mass is 336 g/mol. The highest BCUT2D eigenvalue weighted by atomic mass is 16.6. The van der Waals surface area contributed by atoms with Crippen molar-refractivity contribution in [3.63, 3.8) is 0 Å². The Kier molecular flexibility index (Phi) is 6.89. The Hall–Kier alpha value is -2.43. The molecule has 0 radical (unpaired) electrons. The number of aryl methyl sites for hydroxylation is 1. The Bertz CT molecular complexity index is 595. The summed E-state index contributed by atoms with van der Waals surface area (Å²) >= 11 is 0. The van der Waals surface area contributed by atoms with Crippen LogP contribution in [0.4, 0.5) is 16.4 Å². The number of aromatic nitrogens is 2. The molecule has 0 bridgehead atoms. The van der Waals surface area contributed by atoms with Gasteiger partial charge in [0.2, 0.25) is 0 Å². The van der Waals surface area contributed by atoms with Gasteiger partial charge in [-0.05, 0) is 33.1 Å². The van der Waals surface area contributed by atoms with Gasteiger partial charge in [-0.1, -0.05) is 13.8 Å². The summed E-state index contributed by atoms with van der Waals surface area (Å²) in [5.41, 5.74) is 5.77. The molecule has 1 aromatic heterocycles. The fourth-order valence-electron chi connectivity index (χ4n) is 1.92. The van der Waals surface area contributed by atoms with Gasteiger partial charge in [0.25, 0.3) is 0 Å². The third-order valence-corrected chi connectivity index (χ3v) is 3.11. The largest absolute Gasteiger partial charge is 0.444 e. The average molecular weight is 336 g/mol. The second kappa shape index (κ2) is 8.43. The van der Waals surface area contributed by atoms with Gasteiger partial charge in [0.05, 0.1) is 0 Å². The number of nitrogen functional groups attached to an aromatic ring is 1. The third kappa shape index (κ3) is 6.36. The van der Waals surface area contributed by atoms with Crippen LogP contribution in [0.1, 0.15) is 46.6 Å². The van der Waals surface area contributed by atoms with Crippen LogP contribution in [0.2, 0.25) is 0 Å². The molecule has 1 heterocycles. The minimum Gasteiger partial charge on any atom is -0.444 e. The molecule has 1 aromatic rings. The highest BCUT2D eigenvalue weighted by Gasteiger charge is 2.17. The number of nitrogens with zero attached hydrogens (tertiary/aromatic N) is 3. The first-order valence-corrected chi connectivity index (χ1v) is 8.11. The van der Waals surface area contributed by atoms with Gasteiger partial charge in [0.15, 0.2) is 5.82 Å². The Morgan fingerprint density at radius 2 is 2.08 bits per heavy atom. The van der Waals surface area contributed by atoms with E-state index in [9.17, 15) is 10.1 Å². The Morgan fingerprint density at radius 3 is 2.62 bits per heavy atom. The van der Waals surface area contributed by atoms with E-state index in [2.05, 4.69) is 35.6 Å². The van der Waals surface area contributed by atoms with Crippen molar-refractivity contribution in [1.82, 2.24) is 15.1 Å². The fraction of sp³-hybridized carbons (Fsp3) is 0.688. The molecule has 134 valence electrons. The van der Waals surface area contributed by atoms with Gasteiger partial charge in [-0.2, -0.15) is 10.4 Å². The second-order valence-corrected chi connectivity index (χ2v) is 6.98. The fourth-order valence-corrected chi connectivity index (χ4v) is 1.92. The number of alkyl carbamates (subject to hydrolysis) is 1. The van der Waals surface area contributed by atoms with E-state index in [0.29, 0.717) is 42.8 Å². The van der Waals surface area contributed by atoms with Gasteiger partial charge in [-0.3, -0.25) is 0 Å². The number of hydrogen-bond donors (Lipinski definition) is 3. The summed E-state index contributed by atoms with van der Waals surface area (Å²) in [6.45, 7) is 11.1. The van der Waals surface area contributed by atoms with Crippen molar-refractivity contribution >= 4 is 17.7 Å². The minimum atomic E-state index is -0.533. The summed E-state index contributed by atoms with van der Waals surface area (Å²) in [5.74, 6) is 1.32. The molecular formula is C16H28N6O2. The standard InChI is InChI=1S/C16H28N6O2/c1-11(2)6-9-22-13(18)12(10-17)14(21-22)19-7-8-20-15(23)24-16(3,4)5/h11H,6-9,18H2,1-5H3,(H,19,21)(H,20,23). The zero-order chi connectivity index (χ0) is 18.3. The average Bonchev–Trinajstić information content (AvgIpc) is 2.75. The van der Waals surface area contributed by atoms with Crippen LogP contribution in [0.25, 0.3) is 0 Å². The lowest BCUT2D eigenvalue weighted by atomic mass is 10.1. The summed E-state index contributed by atoms with van der Waals surface area (Å²) in [6, 6.07) is 2.07. The Labute approximate surface area is 143 Å². The van der Waals surface area contributed by atoms with Crippen LogP contribution in [0, 0.1) is 17.2 Å². The number of ether oxygens (including phenoxy) is 1. The van der Waals surface area contributed by atoms with Crippen molar-refractivity contribution in [2.75, 3.05) is 24.1 Å². The number of hydrogen-bond acceptors (Lipinski definition) is 6. The van der Waals surface area contributed by atoms with E-state index in [-0.39, 0.29) is 0 Å². The van der Waals surface area contributed by atoms with Gasteiger partial charge in [-0.25, -0.2) is 9.48 Å². The predicted octanol–water partition coefficient (Wildman–Crippen LogP) is 2.32. The number of carbonyl (C=O) groups excluding carboxylic acids is 1. The highest BCUT2D eigenvalue weighted by Crippen LogP contribution is 2.21. The number of carbonyl (C=O) groups is 1.